The lowest BCUT2D eigenvalue weighted by Crippen LogP contribution is -2.38. The predicted octanol–water partition coefficient (Wildman–Crippen LogP) is 3.52. The number of nitrogens with zero attached hydrogens (tertiary/aromatic N) is 1. The van der Waals surface area contributed by atoms with Crippen molar-refractivity contribution in [3.05, 3.63) is 20.3 Å². The van der Waals surface area contributed by atoms with Crippen LogP contribution in [0.5, 0.6) is 0 Å². The molecule has 0 spiro atoms. The van der Waals surface area contributed by atoms with Crippen LogP contribution in [0.4, 0.5) is 0 Å². The van der Waals surface area contributed by atoms with Crippen molar-refractivity contribution in [1.82, 2.24) is 10.2 Å². The molecule has 3 nitrogen and oxygen atoms in total. The molecule has 0 unspecified atom stereocenters. The average molecular weight is 321 g/mol. The number of piperidine rings is 1. The van der Waals surface area contributed by atoms with Crippen molar-refractivity contribution in [3.63, 3.8) is 0 Å². The van der Waals surface area contributed by atoms with Crippen molar-refractivity contribution in [2.24, 2.45) is 5.92 Å². The molecule has 1 amide bonds. The molecule has 19 heavy (non-hydrogen) atoms. The van der Waals surface area contributed by atoms with Crippen molar-refractivity contribution in [1.29, 1.82) is 0 Å². The first-order valence-corrected chi connectivity index (χ1v) is 8.07. The molecule has 1 aliphatic rings. The van der Waals surface area contributed by atoms with Gasteiger partial charge in [0.05, 0.1) is 9.90 Å². The summed E-state index contributed by atoms with van der Waals surface area (Å²) >= 11 is 13.2. The summed E-state index contributed by atoms with van der Waals surface area (Å²) in [7, 11) is 1.97. The first-order valence-electron chi connectivity index (χ1n) is 6.50. The molecule has 0 aliphatic carbocycles. The van der Waals surface area contributed by atoms with Gasteiger partial charge in [0.15, 0.2) is 0 Å². The lowest BCUT2D eigenvalue weighted by atomic mass is 9.93. The summed E-state index contributed by atoms with van der Waals surface area (Å²) in [5, 5.41) is 3.17. The summed E-state index contributed by atoms with van der Waals surface area (Å²) in [6, 6.07) is 1.67. The molecule has 0 radical (unpaired) electrons. The summed E-state index contributed by atoms with van der Waals surface area (Å²) < 4.78 is 1.06. The summed E-state index contributed by atoms with van der Waals surface area (Å²) in [5.74, 6) is 0.734. The topological polar surface area (TPSA) is 32.3 Å². The van der Waals surface area contributed by atoms with Gasteiger partial charge < -0.3 is 10.2 Å². The van der Waals surface area contributed by atoms with Gasteiger partial charge in [0.2, 0.25) is 0 Å². The second kappa shape index (κ2) is 6.93. The number of nitrogens with one attached hydrogen (secondary N) is 1. The lowest BCUT2D eigenvalue weighted by molar-refractivity contribution is 0.0688. The highest BCUT2D eigenvalue weighted by Crippen LogP contribution is 2.32. The number of carbonyl (C=O) groups excluding carboxylic acids is 1. The first kappa shape index (κ1) is 15.1. The van der Waals surface area contributed by atoms with Crippen LogP contribution in [-0.4, -0.2) is 37.5 Å². The molecule has 1 aromatic heterocycles. The third-order valence-electron chi connectivity index (χ3n) is 3.59. The summed E-state index contributed by atoms with van der Waals surface area (Å²) in [6.45, 7) is 2.68. The quantitative estimate of drug-likeness (QED) is 0.920. The van der Waals surface area contributed by atoms with Crippen LogP contribution < -0.4 is 5.32 Å². The molecule has 0 atom stereocenters. The van der Waals surface area contributed by atoms with Crippen molar-refractivity contribution in [3.8, 4) is 0 Å². The molecule has 6 heteroatoms. The van der Waals surface area contributed by atoms with Gasteiger partial charge in [-0.25, -0.2) is 0 Å². The van der Waals surface area contributed by atoms with Gasteiger partial charge in [0, 0.05) is 13.1 Å². The van der Waals surface area contributed by atoms with E-state index in [9.17, 15) is 4.79 Å². The van der Waals surface area contributed by atoms with Crippen LogP contribution in [0.2, 0.25) is 8.67 Å². The Morgan fingerprint density at radius 1 is 1.47 bits per heavy atom. The van der Waals surface area contributed by atoms with E-state index in [4.69, 9.17) is 23.2 Å². The maximum Gasteiger partial charge on any atom is 0.256 e. The number of carbonyl (C=O) groups is 1. The van der Waals surface area contributed by atoms with Crippen LogP contribution in [0.3, 0.4) is 0 Å². The van der Waals surface area contributed by atoms with Crippen LogP contribution in [0, 0.1) is 5.92 Å². The monoisotopic (exact) mass is 320 g/mol. The van der Waals surface area contributed by atoms with Crippen LogP contribution in [0.25, 0.3) is 0 Å². The largest absolute Gasteiger partial charge is 0.339 e. The zero-order valence-corrected chi connectivity index (χ0v) is 13.2. The number of halogens is 2. The minimum Gasteiger partial charge on any atom is -0.339 e. The van der Waals surface area contributed by atoms with Crippen molar-refractivity contribution < 1.29 is 4.79 Å². The van der Waals surface area contributed by atoms with E-state index in [1.54, 1.807) is 6.07 Å². The second-order valence-corrected chi connectivity index (χ2v) is 7.15. The van der Waals surface area contributed by atoms with Crippen LogP contribution in [0.15, 0.2) is 6.07 Å². The molecular weight excluding hydrogens is 303 g/mol. The van der Waals surface area contributed by atoms with E-state index in [1.165, 1.54) is 17.8 Å². The maximum atomic E-state index is 12.3. The normalized spacial score (nSPS) is 16.9. The molecule has 1 saturated heterocycles. The van der Waals surface area contributed by atoms with E-state index in [2.05, 4.69) is 5.32 Å². The van der Waals surface area contributed by atoms with E-state index < -0.39 is 0 Å². The van der Waals surface area contributed by atoms with Gasteiger partial charge in [-0.3, -0.25) is 4.79 Å². The predicted molar refractivity (Wildman–Crippen MR) is 81.5 cm³/mol. The Balaban J connectivity index is 1.91. The van der Waals surface area contributed by atoms with E-state index in [-0.39, 0.29) is 5.91 Å². The number of amides is 1. The molecule has 1 N–H and O–H groups in total. The Hall–Kier alpha value is -0.290. The molecule has 0 bridgehead atoms. The minimum absolute atomic E-state index is 0.0141. The fourth-order valence-electron chi connectivity index (χ4n) is 2.43. The third kappa shape index (κ3) is 3.85. The Labute approximate surface area is 127 Å². The Morgan fingerprint density at radius 3 is 2.68 bits per heavy atom. The van der Waals surface area contributed by atoms with Crippen LogP contribution in [-0.2, 0) is 0 Å². The standard InChI is InChI=1S/C13H18Cl2N2OS/c1-16-5-2-9-3-6-17(7-4-9)13(18)10-8-11(14)19-12(10)15/h8-9,16H,2-7H2,1H3. The van der Waals surface area contributed by atoms with E-state index in [0.29, 0.717) is 14.2 Å². The van der Waals surface area contributed by atoms with Gasteiger partial charge >= 0.3 is 0 Å². The van der Waals surface area contributed by atoms with Crippen LogP contribution >= 0.6 is 34.5 Å². The highest BCUT2D eigenvalue weighted by atomic mass is 35.5. The lowest BCUT2D eigenvalue weighted by Gasteiger charge is -2.32. The van der Waals surface area contributed by atoms with E-state index >= 15 is 0 Å². The Bertz CT molecular complexity index is 442. The highest BCUT2D eigenvalue weighted by Gasteiger charge is 2.25. The second-order valence-electron chi connectivity index (χ2n) is 4.87. The fraction of sp³-hybridized carbons (Fsp3) is 0.615. The zero-order chi connectivity index (χ0) is 13.8. The molecule has 1 aromatic rings. The molecule has 106 valence electrons. The molecule has 1 aliphatic heterocycles. The molecule has 0 saturated carbocycles. The average Bonchev–Trinajstić information content (AvgIpc) is 2.75. The van der Waals surface area contributed by atoms with Crippen molar-refractivity contribution in [2.75, 3.05) is 26.7 Å². The van der Waals surface area contributed by atoms with Crippen LogP contribution in [0.1, 0.15) is 29.6 Å². The molecule has 2 rings (SSSR count). The number of thiophene rings is 1. The van der Waals surface area contributed by atoms with Crippen molar-refractivity contribution in [2.45, 2.75) is 19.3 Å². The highest BCUT2D eigenvalue weighted by molar-refractivity contribution is 7.20. The van der Waals surface area contributed by atoms with Gasteiger partial charge in [-0.1, -0.05) is 23.2 Å². The maximum absolute atomic E-state index is 12.3. The zero-order valence-electron chi connectivity index (χ0n) is 10.9. The number of likely N-dealkylation sites (tertiary alicyclic amines) is 1. The van der Waals surface area contributed by atoms with Crippen molar-refractivity contribution >= 4 is 40.4 Å². The molecule has 2 heterocycles. The SMILES string of the molecule is CNCCC1CCN(C(=O)c2cc(Cl)sc2Cl)CC1. The smallest absolute Gasteiger partial charge is 0.256 e. The molecular formula is C13H18Cl2N2OS. The van der Waals surface area contributed by atoms with E-state index in [0.717, 1.165) is 38.4 Å². The van der Waals surface area contributed by atoms with Gasteiger partial charge in [0.25, 0.3) is 5.91 Å². The van der Waals surface area contributed by atoms with Gasteiger partial charge in [-0.15, -0.1) is 11.3 Å². The minimum atomic E-state index is 0.0141. The number of hydrogen-bond donors (Lipinski definition) is 1. The third-order valence-corrected chi connectivity index (χ3v) is 5.08. The Morgan fingerprint density at radius 2 is 2.16 bits per heavy atom. The van der Waals surface area contributed by atoms with Gasteiger partial charge in [-0.05, 0) is 44.8 Å². The molecule has 1 fully saturated rings. The number of rotatable bonds is 4. The summed E-state index contributed by atoms with van der Waals surface area (Å²) in [4.78, 5) is 14.2. The van der Waals surface area contributed by atoms with Gasteiger partial charge in [0.1, 0.15) is 4.34 Å². The summed E-state index contributed by atoms with van der Waals surface area (Å²) in [5.41, 5.74) is 0.547. The van der Waals surface area contributed by atoms with Gasteiger partial charge in [-0.2, -0.15) is 0 Å². The Kier molecular flexibility index (Phi) is 5.51. The number of hydrogen-bond acceptors (Lipinski definition) is 3. The molecule has 0 aromatic carbocycles. The van der Waals surface area contributed by atoms with E-state index in [1.807, 2.05) is 11.9 Å². The summed E-state index contributed by atoms with van der Waals surface area (Å²) in [6.07, 6.45) is 3.33. The first-order chi connectivity index (χ1) is 9.11. The fourth-order valence-corrected chi connectivity index (χ4v) is 3.88.